The maximum Gasteiger partial charge on any atom is 0.358 e. The van der Waals surface area contributed by atoms with E-state index in [1.807, 2.05) is 0 Å². The highest BCUT2D eigenvalue weighted by Gasteiger charge is 2.82. The van der Waals surface area contributed by atoms with E-state index >= 15 is 0 Å². The molecule has 14 heteroatoms. The summed E-state index contributed by atoms with van der Waals surface area (Å²) >= 11 is 0. The summed E-state index contributed by atoms with van der Waals surface area (Å²) < 4.78 is 16.2. The maximum atomic E-state index is 13.9. The van der Waals surface area contributed by atoms with Crippen molar-refractivity contribution < 1.29 is 43.0 Å². The zero-order chi connectivity index (χ0) is 29.3. The second-order valence-corrected chi connectivity index (χ2v) is 9.63. The number of carbonyl (C=O) groups is 6. The van der Waals surface area contributed by atoms with Gasteiger partial charge in [0.05, 0.1) is 50.2 Å². The summed E-state index contributed by atoms with van der Waals surface area (Å²) in [6.45, 7) is 2.08. The number of nitrogens with one attached hydrogen (secondary N) is 2. The van der Waals surface area contributed by atoms with E-state index in [0.717, 1.165) is 14.7 Å². The Morgan fingerprint density at radius 3 is 1.88 bits per heavy atom. The fourth-order valence-corrected chi connectivity index (χ4v) is 6.10. The smallest absolute Gasteiger partial charge is 0.358 e. The Kier molecular flexibility index (Phi) is 5.69. The number of hydrogen-bond acceptors (Lipinski definition) is 9. The second kappa shape index (κ2) is 8.94. The van der Waals surface area contributed by atoms with Crippen LogP contribution < -0.4 is 20.3 Å². The first-order valence-corrected chi connectivity index (χ1v) is 12.9. The summed E-state index contributed by atoms with van der Waals surface area (Å²) in [5.74, 6) is -3.01. The average Bonchev–Trinajstić information content (AvgIpc) is 3.38. The molecule has 14 nitrogen and oxygen atoms in total. The molecular weight excluding hydrogens is 538 g/mol. The average molecular weight is 564 g/mol. The van der Waals surface area contributed by atoms with Crippen LogP contribution in [0.1, 0.15) is 45.7 Å². The van der Waals surface area contributed by atoms with Crippen LogP contribution >= 0.6 is 0 Å². The number of imide groups is 1. The summed E-state index contributed by atoms with van der Waals surface area (Å²) in [6.07, 6.45) is 0. The van der Waals surface area contributed by atoms with Crippen molar-refractivity contribution in [2.24, 2.45) is 0 Å². The molecule has 0 aliphatic carbocycles. The number of nitrogens with zero attached hydrogens (tertiary/aromatic N) is 3. The van der Waals surface area contributed by atoms with Crippen LogP contribution in [0, 0.1) is 0 Å². The summed E-state index contributed by atoms with van der Waals surface area (Å²) in [4.78, 5) is 84.4. The molecule has 0 radical (unpaired) electrons. The molecule has 2 atom stereocenters. The minimum atomic E-state index is -2.35. The van der Waals surface area contributed by atoms with Crippen LogP contribution in [0.3, 0.4) is 0 Å². The molecule has 2 aromatic carbocycles. The lowest BCUT2D eigenvalue weighted by Gasteiger charge is -2.40. The van der Waals surface area contributed by atoms with Gasteiger partial charge in [-0.05, 0) is 38.1 Å². The van der Waals surface area contributed by atoms with Gasteiger partial charge in [-0.15, -0.1) is 0 Å². The first-order chi connectivity index (χ1) is 19.7. The summed E-state index contributed by atoms with van der Waals surface area (Å²) in [5.41, 5.74) is -3.57. The molecule has 4 aliphatic heterocycles. The topological polar surface area (TPSA) is 164 Å². The van der Waals surface area contributed by atoms with Gasteiger partial charge in [-0.1, -0.05) is 12.1 Å². The van der Waals surface area contributed by atoms with Gasteiger partial charge in [0, 0.05) is 11.1 Å². The quantitative estimate of drug-likeness (QED) is 0.387. The molecule has 0 spiro atoms. The van der Waals surface area contributed by atoms with Crippen LogP contribution in [0.25, 0.3) is 0 Å². The van der Waals surface area contributed by atoms with E-state index in [-0.39, 0.29) is 47.9 Å². The van der Waals surface area contributed by atoms with Gasteiger partial charge in [0.25, 0.3) is 23.1 Å². The molecule has 0 unspecified atom stereocenters. The molecule has 6 rings (SSSR count). The van der Waals surface area contributed by atoms with Gasteiger partial charge in [-0.3, -0.25) is 19.4 Å². The van der Waals surface area contributed by atoms with E-state index in [4.69, 9.17) is 14.2 Å². The zero-order valence-electron chi connectivity index (χ0n) is 22.3. The lowest BCUT2D eigenvalue weighted by atomic mass is 9.93. The third-order valence-corrected chi connectivity index (χ3v) is 7.78. The molecule has 4 aliphatic rings. The number of methoxy groups -OCH3 is 1. The monoisotopic (exact) mass is 563 g/mol. The first-order valence-electron chi connectivity index (χ1n) is 12.9. The van der Waals surface area contributed by atoms with E-state index in [1.54, 1.807) is 19.1 Å². The molecule has 41 heavy (non-hydrogen) atoms. The summed E-state index contributed by atoms with van der Waals surface area (Å²) in [7, 11) is 1.39. The van der Waals surface area contributed by atoms with Gasteiger partial charge in [-0.2, -0.15) is 0 Å². The van der Waals surface area contributed by atoms with Gasteiger partial charge in [0.1, 0.15) is 5.75 Å². The normalized spacial score (nSPS) is 23.8. The molecular formula is C27H25N5O9. The fourth-order valence-electron chi connectivity index (χ4n) is 6.10. The molecule has 6 amide bonds. The Bertz CT molecular complexity index is 1540. The van der Waals surface area contributed by atoms with Crippen molar-refractivity contribution in [1.82, 2.24) is 20.4 Å². The van der Waals surface area contributed by atoms with Crippen molar-refractivity contribution in [1.29, 1.82) is 0 Å². The third kappa shape index (κ3) is 3.12. The lowest BCUT2D eigenvalue weighted by molar-refractivity contribution is -0.178. The van der Waals surface area contributed by atoms with E-state index in [2.05, 4.69) is 10.6 Å². The van der Waals surface area contributed by atoms with Crippen LogP contribution in [0.4, 0.5) is 15.3 Å². The predicted octanol–water partition coefficient (Wildman–Crippen LogP) is 1.08. The number of ether oxygens (including phenoxy) is 3. The zero-order valence-corrected chi connectivity index (χ0v) is 22.3. The lowest BCUT2D eigenvalue weighted by Crippen LogP contribution is -2.74. The van der Waals surface area contributed by atoms with E-state index in [9.17, 15) is 28.8 Å². The van der Waals surface area contributed by atoms with E-state index in [0.29, 0.717) is 5.56 Å². The van der Waals surface area contributed by atoms with Crippen LogP contribution in [0.2, 0.25) is 0 Å². The molecule has 0 saturated carbocycles. The Morgan fingerprint density at radius 1 is 0.805 bits per heavy atom. The Hall–Kier alpha value is -5.14. The number of urea groups is 2. The molecule has 4 heterocycles. The molecule has 212 valence electrons. The second-order valence-electron chi connectivity index (χ2n) is 9.63. The van der Waals surface area contributed by atoms with Crippen molar-refractivity contribution >= 4 is 41.5 Å². The number of rotatable bonds is 6. The number of benzene rings is 2. The molecule has 0 aromatic heterocycles. The number of anilines is 1. The van der Waals surface area contributed by atoms with E-state index < -0.39 is 53.7 Å². The maximum absolute atomic E-state index is 13.9. The molecule has 0 bridgehead atoms. The highest BCUT2D eigenvalue weighted by atomic mass is 16.5. The number of esters is 2. The first kappa shape index (κ1) is 26.1. The Labute approximate surface area is 233 Å². The van der Waals surface area contributed by atoms with Gasteiger partial charge < -0.3 is 24.8 Å². The van der Waals surface area contributed by atoms with Gasteiger partial charge >= 0.3 is 24.0 Å². The fraction of sp³-hybridized carbons (Fsp3) is 0.333. The number of hydrogen-bond donors (Lipinski definition) is 2. The third-order valence-electron chi connectivity index (χ3n) is 7.78. The number of fused-ring (bicyclic) bond motifs is 2. The minimum Gasteiger partial charge on any atom is -0.496 e. The van der Waals surface area contributed by atoms with Gasteiger partial charge in [0.2, 0.25) is 0 Å². The Morgan fingerprint density at radius 2 is 1.34 bits per heavy atom. The van der Waals surface area contributed by atoms with Crippen LogP contribution in [0.15, 0.2) is 36.4 Å². The van der Waals surface area contributed by atoms with Crippen molar-refractivity contribution in [2.75, 3.05) is 25.2 Å². The highest BCUT2D eigenvalue weighted by Crippen LogP contribution is 2.49. The van der Waals surface area contributed by atoms with E-state index in [1.165, 1.54) is 38.3 Å². The molecule has 2 N–H and O–H groups in total. The van der Waals surface area contributed by atoms with Gasteiger partial charge in [0.15, 0.2) is 0 Å². The molecule has 2 aromatic rings. The largest absolute Gasteiger partial charge is 0.496 e. The molecule has 2 saturated heterocycles. The van der Waals surface area contributed by atoms with Crippen molar-refractivity contribution in [3.63, 3.8) is 0 Å². The number of carbonyl (C=O) groups excluding carboxylic acids is 6. The van der Waals surface area contributed by atoms with Crippen LogP contribution in [0.5, 0.6) is 5.75 Å². The van der Waals surface area contributed by atoms with Crippen molar-refractivity contribution in [2.45, 2.75) is 38.3 Å². The van der Waals surface area contributed by atoms with Crippen molar-refractivity contribution in [3.05, 3.63) is 58.7 Å². The standard InChI is InChI=1S/C27H25N5O9/c1-4-40-22(35)26-27(23(36)41-5-2)30(24(37)28-26)12-16-17(13-31(27)25(38)29-26)19(39-3)11-10-18(16)32-20(33)14-8-6-7-9-15(14)21(32)34/h6-11H,4-5,12-13H2,1-3H3,(H,28,37)(H,29,38)/t26-,27+/m1/s1. The van der Waals surface area contributed by atoms with Crippen molar-refractivity contribution in [3.8, 4) is 5.75 Å². The SMILES string of the molecule is CCOC(=O)[C@]12NC(=O)N3Cc4c(OC)ccc(N5C(=O)c6ccccc6C5=O)c4CN(C(=O)N1)[C@@]32C(=O)OCC. The molecule has 2 fully saturated rings. The number of amides is 6. The van der Waals surface area contributed by atoms with Crippen LogP contribution in [-0.2, 0) is 32.2 Å². The predicted molar refractivity (Wildman–Crippen MR) is 137 cm³/mol. The Balaban J connectivity index is 1.59. The van der Waals surface area contributed by atoms with Crippen LogP contribution in [-0.4, -0.2) is 77.3 Å². The van der Waals surface area contributed by atoms with Gasteiger partial charge in [-0.25, -0.2) is 24.1 Å². The minimum absolute atomic E-state index is 0.108. The summed E-state index contributed by atoms with van der Waals surface area (Å²) in [6, 6.07) is 7.63. The summed E-state index contributed by atoms with van der Waals surface area (Å²) in [5, 5.41) is 4.93. The highest BCUT2D eigenvalue weighted by molar-refractivity contribution is 6.34.